The Morgan fingerprint density at radius 3 is 2.38 bits per heavy atom. The van der Waals surface area contributed by atoms with Crippen molar-refractivity contribution in [2.75, 3.05) is 13.2 Å². The smallest absolute Gasteiger partial charge is 0.329 e. The van der Waals surface area contributed by atoms with Gasteiger partial charge in [-0.2, -0.15) is 0 Å². The van der Waals surface area contributed by atoms with Gasteiger partial charge in [0, 0.05) is 6.54 Å². The number of carbonyl (C=O) groups is 2. The molecule has 1 atom stereocenters. The Balaban J connectivity index is 2.08. The van der Waals surface area contributed by atoms with Gasteiger partial charge in [0.25, 0.3) is 0 Å². The van der Waals surface area contributed by atoms with Gasteiger partial charge in [0.15, 0.2) is 0 Å². The molecule has 0 radical (unpaired) electrons. The molecule has 0 aromatic rings. The number of carbonyl (C=O) groups excluding carboxylic acids is 1. The number of rotatable bonds is 3. The van der Waals surface area contributed by atoms with Gasteiger partial charge in [0.1, 0.15) is 5.54 Å². The van der Waals surface area contributed by atoms with Gasteiger partial charge >= 0.3 is 12.0 Å². The Morgan fingerprint density at radius 1 is 1.10 bits per heavy atom. The summed E-state index contributed by atoms with van der Waals surface area (Å²) >= 11 is 0. The molecule has 1 aliphatic heterocycles. The molecule has 3 N–H and O–H groups in total. The molecular weight excluding hydrogens is 272 g/mol. The summed E-state index contributed by atoms with van der Waals surface area (Å²) in [5, 5.41) is 21.8. The van der Waals surface area contributed by atoms with E-state index in [1.807, 2.05) is 0 Å². The molecular formula is C15H26N2O4. The molecule has 0 spiro atoms. The number of aliphatic carboxylic acids is 1. The van der Waals surface area contributed by atoms with Gasteiger partial charge in [-0.3, -0.25) is 0 Å². The normalized spacial score (nSPS) is 26.0. The number of nitrogens with zero attached hydrogens (tertiary/aromatic N) is 1. The summed E-state index contributed by atoms with van der Waals surface area (Å²) in [6.45, 7) is 0.528. The van der Waals surface area contributed by atoms with Crippen molar-refractivity contribution in [3.05, 3.63) is 0 Å². The van der Waals surface area contributed by atoms with Crippen molar-refractivity contribution in [1.29, 1.82) is 0 Å². The number of urea groups is 1. The van der Waals surface area contributed by atoms with Crippen molar-refractivity contribution in [2.24, 2.45) is 0 Å². The Bertz CT molecular complexity index is 380. The van der Waals surface area contributed by atoms with Crippen molar-refractivity contribution >= 4 is 12.0 Å². The first-order valence-electron chi connectivity index (χ1n) is 8.02. The van der Waals surface area contributed by atoms with E-state index in [2.05, 4.69) is 5.32 Å². The van der Waals surface area contributed by atoms with Gasteiger partial charge in [-0.05, 0) is 25.7 Å². The number of likely N-dealkylation sites (tertiary alicyclic amines) is 1. The van der Waals surface area contributed by atoms with Crippen LogP contribution in [0.2, 0.25) is 0 Å². The minimum Gasteiger partial charge on any atom is -0.480 e. The molecule has 1 saturated carbocycles. The lowest BCUT2D eigenvalue weighted by atomic mass is 9.82. The van der Waals surface area contributed by atoms with Crippen LogP contribution in [0.4, 0.5) is 4.79 Å². The third-order valence-corrected chi connectivity index (χ3v) is 4.81. The Morgan fingerprint density at radius 2 is 1.76 bits per heavy atom. The van der Waals surface area contributed by atoms with E-state index >= 15 is 0 Å². The van der Waals surface area contributed by atoms with Crippen LogP contribution in [0.5, 0.6) is 0 Å². The zero-order chi connectivity index (χ0) is 15.3. The molecule has 1 unspecified atom stereocenters. The number of amides is 2. The van der Waals surface area contributed by atoms with Gasteiger partial charge in [-0.25, -0.2) is 9.59 Å². The highest BCUT2D eigenvalue weighted by atomic mass is 16.4. The lowest BCUT2D eigenvalue weighted by molar-refractivity contribution is -0.146. The maximum absolute atomic E-state index is 12.5. The van der Waals surface area contributed by atoms with Crippen molar-refractivity contribution in [3.63, 3.8) is 0 Å². The van der Waals surface area contributed by atoms with Crippen molar-refractivity contribution in [3.8, 4) is 0 Å². The molecule has 2 fully saturated rings. The van der Waals surface area contributed by atoms with E-state index in [9.17, 15) is 19.8 Å². The minimum atomic E-state index is -1.12. The van der Waals surface area contributed by atoms with Crippen LogP contribution in [0.15, 0.2) is 0 Å². The summed E-state index contributed by atoms with van der Waals surface area (Å²) in [6, 6.07) is -0.526. The third kappa shape index (κ3) is 3.67. The first-order chi connectivity index (χ1) is 10.1. The Kier molecular flexibility index (Phi) is 5.45. The predicted molar refractivity (Wildman–Crippen MR) is 78.0 cm³/mol. The highest BCUT2D eigenvalue weighted by Crippen LogP contribution is 2.29. The van der Waals surface area contributed by atoms with Crippen LogP contribution >= 0.6 is 0 Å². The van der Waals surface area contributed by atoms with Gasteiger partial charge in [0.2, 0.25) is 0 Å². The zero-order valence-electron chi connectivity index (χ0n) is 12.5. The maximum atomic E-state index is 12.5. The molecule has 0 aromatic heterocycles. The molecule has 6 heteroatoms. The van der Waals surface area contributed by atoms with E-state index in [1.54, 1.807) is 4.90 Å². The number of hydrogen-bond donors (Lipinski definition) is 3. The monoisotopic (exact) mass is 298 g/mol. The summed E-state index contributed by atoms with van der Waals surface area (Å²) in [5.74, 6) is -0.939. The lowest BCUT2D eigenvalue weighted by Gasteiger charge is -2.37. The fourth-order valence-corrected chi connectivity index (χ4v) is 3.46. The SMILES string of the molecule is O=C(NC1(C(=O)O)CCCCC1)N1CCCCCC1CO. The standard InChI is InChI=1S/C15H26N2O4/c18-11-12-7-3-1-6-10-17(12)14(21)16-15(13(19)20)8-4-2-5-9-15/h12,18H,1-11H2,(H,16,21)(H,19,20). The molecule has 0 bridgehead atoms. The number of aliphatic hydroxyl groups excluding tert-OH is 1. The van der Waals surface area contributed by atoms with E-state index in [0.29, 0.717) is 19.4 Å². The average molecular weight is 298 g/mol. The second-order valence-corrected chi connectivity index (χ2v) is 6.26. The quantitative estimate of drug-likeness (QED) is 0.740. The number of carboxylic acid groups (broad SMARTS) is 1. The molecule has 2 amide bonds. The molecule has 0 aromatic carbocycles. The summed E-state index contributed by atoms with van der Waals surface area (Å²) < 4.78 is 0. The number of nitrogens with one attached hydrogen (secondary N) is 1. The second kappa shape index (κ2) is 7.11. The van der Waals surface area contributed by atoms with Gasteiger partial charge in [-0.1, -0.05) is 32.1 Å². The fraction of sp³-hybridized carbons (Fsp3) is 0.867. The van der Waals surface area contributed by atoms with Gasteiger partial charge in [0.05, 0.1) is 12.6 Å². The average Bonchev–Trinajstić information content (AvgIpc) is 2.73. The lowest BCUT2D eigenvalue weighted by Crippen LogP contribution is -2.60. The Hall–Kier alpha value is -1.30. The summed E-state index contributed by atoms with van der Waals surface area (Å²) in [6.07, 6.45) is 7.40. The fourth-order valence-electron chi connectivity index (χ4n) is 3.46. The number of aliphatic hydroxyl groups is 1. The third-order valence-electron chi connectivity index (χ3n) is 4.81. The number of carboxylic acids is 1. The van der Waals surface area contributed by atoms with E-state index in [-0.39, 0.29) is 18.7 Å². The van der Waals surface area contributed by atoms with Crippen LogP contribution in [-0.2, 0) is 4.79 Å². The topological polar surface area (TPSA) is 89.9 Å². The highest BCUT2D eigenvalue weighted by molar-refractivity contribution is 5.86. The summed E-state index contributed by atoms with van der Waals surface area (Å²) in [7, 11) is 0. The first kappa shape index (κ1) is 16.1. The molecule has 120 valence electrons. The first-order valence-corrected chi connectivity index (χ1v) is 8.02. The van der Waals surface area contributed by atoms with Crippen molar-refractivity contribution < 1.29 is 19.8 Å². The maximum Gasteiger partial charge on any atom is 0.329 e. The molecule has 2 rings (SSSR count). The van der Waals surface area contributed by atoms with Crippen LogP contribution in [0.1, 0.15) is 57.8 Å². The second-order valence-electron chi connectivity index (χ2n) is 6.26. The van der Waals surface area contributed by atoms with E-state index in [4.69, 9.17) is 0 Å². The molecule has 1 aliphatic carbocycles. The molecule has 2 aliphatic rings. The van der Waals surface area contributed by atoms with Crippen LogP contribution < -0.4 is 5.32 Å². The molecule has 1 saturated heterocycles. The van der Waals surface area contributed by atoms with Crippen molar-refractivity contribution in [2.45, 2.75) is 69.4 Å². The van der Waals surface area contributed by atoms with Crippen LogP contribution in [-0.4, -0.2) is 51.8 Å². The van der Waals surface area contributed by atoms with E-state index in [0.717, 1.165) is 44.9 Å². The van der Waals surface area contributed by atoms with Crippen LogP contribution in [0.25, 0.3) is 0 Å². The van der Waals surface area contributed by atoms with Gasteiger partial charge in [-0.15, -0.1) is 0 Å². The zero-order valence-corrected chi connectivity index (χ0v) is 12.5. The van der Waals surface area contributed by atoms with Crippen LogP contribution in [0, 0.1) is 0 Å². The molecule has 21 heavy (non-hydrogen) atoms. The van der Waals surface area contributed by atoms with Crippen molar-refractivity contribution in [1.82, 2.24) is 10.2 Å². The molecule has 6 nitrogen and oxygen atoms in total. The summed E-state index contributed by atoms with van der Waals surface area (Å²) in [5.41, 5.74) is -1.12. The van der Waals surface area contributed by atoms with E-state index < -0.39 is 11.5 Å². The highest BCUT2D eigenvalue weighted by Gasteiger charge is 2.42. The molecule has 1 heterocycles. The van der Waals surface area contributed by atoms with E-state index in [1.165, 1.54) is 0 Å². The number of hydrogen-bond acceptors (Lipinski definition) is 3. The largest absolute Gasteiger partial charge is 0.480 e. The van der Waals surface area contributed by atoms with Crippen LogP contribution in [0.3, 0.4) is 0 Å². The predicted octanol–water partition coefficient (Wildman–Crippen LogP) is 1.72. The summed E-state index contributed by atoms with van der Waals surface area (Å²) in [4.78, 5) is 25.8. The van der Waals surface area contributed by atoms with Gasteiger partial charge < -0.3 is 20.4 Å². The Labute approximate surface area is 125 Å². The minimum absolute atomic E-state index is 0.0620.